The zero-order chi connectivity index (χ0) is 18.6. The number of hydrogen-bond acceptors (Lipinski definition) is 4. The summed E-state index contributed by atoms with van der Waals surface area (Å²) in [5.74, 6) is -0.212. The summed E-state index contributed by atoms with van der Waals surface area (Å²) in [6, 6.07) is 25.4. The third-order valence-electron chi connectivity index (χ3n) is 4.35. The maximum absolute atomic E-state index is 12.6. The van der Waals surface area contributed by atoms with E-state index in [9.17, 15) is 4.79 Å². The van der Waals surface area contributed by atoms with E-state index in [1.807, 2.05) is 78.9 Å². The minimum Gasteiger partial charge on any atom is -0.382 e. The highest BCUT2D eigenvalue weighted by Gasteiger charge is 2.15. The second-order valence-corrected chi connectivity index (χ2v) is 6.15. The second-order valence-electron chi connectivity index (χ2n) is 6.15. The molecule has 0 unspecified atom stereocenters. The van der Waals surface area contributed by atoms with Gasteiger partial charge in [0, 0.05) is 6.54 Å². The number of nitrogens with one attached hydrogen (secondary N) is 1. The SMILES string of the molecule is Nc1nc2ccccc2nc1C(=O)NCc1ccccc1-c1ccccc1. The number of rotatable bonds is 4. The Bertz CT molecular complexity index is 1110. The number of nitrogen functional groups attached to an aromatic ring is 1. The van der Waals surface area contributed by atoms with Crippen molar-refractivity contribution in [3.63, 3.8) is 0 Å². The number of nitrogens with two attached hydrogens (primary N) is 1. The standard InChI is InChI=1S/C22H18N4O/c23-21-20(25-18-12-6-7-13-19(18)26-21)22(27)24-14-16-10-4-5-11-17(16)15-8-2-1-3-9-15/h1-13H,14H2,(H2,23,26)(H,24,27). The summed E-state index contributed by atoms with van der Waals surface area (Å²) < 4.78 is 0. The van der Waals surface area contributed by atoms with Crippen LogP contribution in [0.15, 0.2) is 78.9 Å². The van der Waals surface area contributed by atoms with Crippen LogP contribution in [0.25, 0.3) is 22.2 Å². The molecule has 0 atom stereocenters. The lowest BCUT2D eigenvalue weighted by molar-refractivity contribution is 0.0947. The van der Waals surface area contributed by atoms with E-state index in [4.69, 9.17) is 5.73 Å². The average Bonchev–Trinajstić information content (AvgIpc) is 2.72. The summed E-state index contributed by atoms with van der Waals surface area (Å²) in [6.45, 7) is 0.373. The Morgan fingerprint density at radius 2 is 1.44 bits per heavy atom. The lowest BCUT2D eigenvalue weighted by Gasteiger charge is -2.11. The molecule has 3 N–H and O–H groups in total. The van der Waals surface area contributed by atoms with Crippen molar-refractivity contribution in [1.82, 2.24) is 15.3 Å². The second kappa shape index (κ2) is 7.25. The fraction of sp³-hybridized carbons (Fsp3) is 0.0455. The van der Waals surface area contributed by atoms with E-state index in [-0.39, 0.29) is 17.4 Å². The van der Waals surface area contributed by atoms with Crippen LogP contribution < -0.4 is 11.1 Å². The van der Waals surface area contributed by atoms with Crippen LogP contribution in [0.3, 0.4) is 0 Å². The molecule has 0 aliphatic heterocycles. The van der Waals surface area contributed by atoms with Crippen molar-refractivity contribution in [1.29, 1.82) is 0 Å². The molecule has 27 heavy (non-hydrogen) atoms. The first-order chi connectivity index (χ1) is 13.2. The number of carbonyl (C=O) groups excluding carboxylic acids is 1. The molecule has 0 spiro atoms. The summed E-state index contributed by atoms with van der Waals surface area (Å²) in [5.41, 5.74) is 10.6. The number of carbonyl (C=O) groups is 1. The molecule has 0 fully saturated rings. The van der Waals surface area contributed by atoms with Gasteiger partial charge in [0.2, 0.25) is 0 Å². The lowest BCUT2D eigenvalue weighted by atomic mass is 10.00. The van der Waals surface area contributed by atoms with Crippen LogP contribution in [0.4, 0.5) is 5.82 Å². The highest BCUT2D eigenvalue weighted by atomic mass is 16.1. The van der Waals surface area contributed by atoms with Gasteiger partial charge in [-0.15, -0.1) is 0 Å². The fourth-order valence-corrected chi connectivity index (χ4v) is 3.01. The molecule has 0 aliphatic carbocycles. The van der Waals surface area contributed by atoms with E-state index in [2.05, 4.69) is 15.3 Å². The van der Waals surface area contributed by atoms with E-state index in [0.29, 0.717) is 17.6 Å². The van der Waals surface area contributed by atoms with Crippen molar-refractivity contribution in [2.75, 3.05) is 5.73 Å². The summed E-state index contributed by atoms with van der Waals surface area (Å²) in [5, 5.41) is 2.91. The largest absolute Gasteiger partial charge is 0.382 e. The van der Waals surface area contributed by atoms with Crippen LogP contribution in [0.5, 0.6) is 0 Å². The molecule has 0 aliphatic rings. The van der Waals surface area contributed by atoms with E-state index in [1.54, 1.807) is 0 Å². The van der Waals surface area contributed by atoms with E-state index in [0.717, 1.165) is 16.7 Å². The van der Waals surface area contributed by atoms with Crippen LogP contribution in [-0.4, -0.2) is 15.9 Å². The van der Waals surface area contributed by atoms with E-state index >= 15 is 0 Å². The Labute approximate surface area is 156 Å². The van der Waals surface area contributed by atoms with Crippen LogP contribution in [0, 0.1) is 0 Å². The summed E-state index contributed by atoms with van der Waals surface area (Å²) >= 11 is 0. The first kappa shape index (κ1) is 16.7. The number of para-hydroxylation sites is 2. The average molecular weight is 354 g/mol. The number of nitrogens with zero attached hydrogens (tertiary/aromatic N) is 2. The molecule has 0 saturated carbocycles. The van der Waals surface area contributed by atoms with Gasteiger partial charge >= 0.3 is 0 Å². The molecule has 0 bridgehead atoms. The first-order valence-corrected chi connectivity index (χ1v) is 8.66. The molecule has 1 amide bonds. The van der Waals surface area contributed by atoms with Gasteiger partial charge in [-0.2, -0.15) is 0 Å². The fourth-order valence-electron chi connectivity index (χ4n) is 3.01. The first-order valence-electron chi connectivity index (χ1n) is 8.66. The number of amides is 1. The van der Waals surface area contributed by atoms with Crippen LogP contribution in [0.2, 0.25) is 0 Å². The lowest BCUT2D eigenvalue weighted by Crippen LogP contribution is -2.25. The van der Waals surface area contributed by atoms with Crippen molar-refractivity contribution in [3.05, 3.63) is 90.1 Å². The van der Waals surface area contributed by atoms with E-state index < -0.39 is 0 Å². The van der Waals surface area contributed by atoms with Gasteiger partial charge in [-0.25, -0.2) is 9.97 Å². The van der Waals surface area contributed by atoms with E-state index in [1.165, 1.54) is 0 Å². The van der Waals surface area contributed by atoms with Crippen LogP contribution in [0.1, 0.15) is 16.1 Å². The molecule has 0 radical (unpaired) electrons. The molecular weight excluding hydrogens is 336 g/mol. The van der Waals surface area contributed by atoms with Crippen molar-refractivity contribution >= 4 is 22.8 Å². The number of aromatic nitrogens is 2. The predicted octanol–water partition coefficient (Wildman–Crippen LogP) is 3.81. The molecule has 1 aromatic heterocycles. The van der Waals surface area contributed by atoms with Gasteiger partial charge in [-0.3, -0.25) is 4.79 Å². The number of hydrogen-bond donors (Lipinski definition) is 2. The molecule has 3 aromatic carbocycles. The highest BCUT2D eigenvalue weighted by Crippen LogP contribution is 2.23. The third-order valence-corrected chi connectivity index (χ3v) is 4.35. The minimum atomic E-state index is -0.339. The summed E-state index contributed by atoms with van der Waals surface area (Å²) in [4.78, 5) is 21.3. The Balaban J connectivity index is 1.58. The minimum absolute atomic E-state index is 0.127. The molecule has 0 saturated heterocycles. The summed E-state index contributed by atoms with van der Waals surface area (Å²) in [6.07, 6.45) is 0. The topological polar surface area (TPSA) is 80.9 Å². The molecule has 1 heterocycles. The molecule has 5 nitrogen and oxygen atoms in total. The van der Waals surface area contributed by atoms with Crippen LogP contribution >= 0.6 is 0 Å². The molecule has 132 valence electrons. The summed E-state index contributed by atoms with van der Waals surface area (Å²) in [7, 11) is 0. The van der Waals surface area contributed by atoms with Gasteiger partial charge in [0.05, 0.1) is 11.0 Å². The van der Waals surface area contributed by atoms with Gasteiger partial charge < -0.3 is 11.1 Å². The molecular formula is C22H18N4O. The zero-order valence-corrected chi connectivity index (χ0v) is 14.6. The third kappa shape index (κ3) is 3.48. The van der Waals surface area contributed by atoms with Gasteiger partial charge in [0.25, 0.3) is 5.91 Å². The Morgan fingerprint density at radius 3 is 2.22 bits per heavy atom. The smallest absolute Gasteiger partial charge is 0.274 e. The zero-order valence-electron chi connectivity index (χ0n) is 14.6. The quantitative estimate of drug-likeness (QED) is 0.584. The van der Waals surface area contributed by atoms with Gasteiger partial charge in [-0.1, -0.05) is 66.7 Å². The number of benzene rings is 3. The maximum Gasteiger partial charge on any atom is 0.274 e. The maximum atomic E-state index is 12.6. The Hall–Kier alpha value is -3.73. The van der Waals surface area contributed by atoms with Crippen molar-refractivity contribution in [2.24, 2.45) is 0 Å². The monoisotopic (exact) mass is 354 g/mol. The normalized spacial score (nSPS) is 10.7. The van der Waals surface area contributed by atoms with Crippen LogP contribution in [-0.2, 0) is 6.54 Å². The Morgan fingerprint density at radius 1 is 0.815 bits per heavy atom. The van der Waals surface area contributed by atoms with Gasteiger partial charge in [-0.05, 0) is 28.8 Å². The van der Waals surface area contributed by atoms with Crippen molar-refractivity contribution < 1.29 is 4.79 Å². The highest BCUT2D eigenvalue weighted by molar-refractivity contribution is 5.98. The predicted molar refractivity (Wildman–Crippen MR) is 107 cm³/mol. The molecule has 5 heteroatoms. The Kier molecular flexibility index (Phi) is 4.49. The number of anilines is 1. The van der Waals surface area contributed by atoms with Gasteiger partial charge in [0.15, 0.2) is 11.5 Å². The van der Waals surface area contributed by atoms with Gasteiger partial charge in [0.1, 0.15) is 0 Å². The molecule has 4 aromatic rings. The van der Waals surface area contributed by atoms with Crippen molar-refractivity contribution in [3.8, 4) is 11.1 Å². The number of fused-ring (bicyclic) bond motifs is 1. The van der Waals surface area contributed by atoms with Crippen molar-refractivity contribution in [2.45, 2.75) is 6.54 Å². The molecule has 4 rings (SSSR count).